The molecule has 0 aliphatic carbocycles. The highest BCUT2D eigenvalue weighted by atomic mass is 79.9. The molecule has 2 aromatic rings. The Kier molecular flexibility index (Phi) is 4.75. The Morgan fingerprint density at radius 2 is 1.81 bits per heavy atom. The maximum Gasteiger partial charge on any atom is 0.255 e. The van der Waals surface area contributed by atoms with Crippen LogP contribution in [-0.4, -0.2) is 11.8 Å². The number of amides is 2. The molecule has 108 valence electrons. The molecular weight excluding hydrogens is 332 g/mol. The van der Waals surface area contributed by atoms with Gasteiger partial charge in [-0.05, 0) is 42.8 Å². The van der Waals surface area contributed by atoms with Gasteiger partial charge in [-0.3, -0.25) is 9.59 Å². The summed E-state index contributed by atoms with van der Waals surface area (Å²) in [5, 5.41) is 5.55. The molecule has 0 radical (unpaired) electrons. The number of hydrogen-bond acceptors (Lipinski definition) is 2. The summed E-state index contributed by atoms with van der Waals surface area (Å²) >= 11 is 3.34. The lowest BCUT2D eigenvalue weighted by molar-refractivity contribution is -0.114. The van der Waals surface area contributed by atoms with Gasteiger partial charge in [-0.1, -0.05) is 28.1 Å². The second-order valence-corrected chi connectivity index (χ2v) is 5.59. The zero-order valence-corrected chi connectivity index (χ0v) is 13.3. The Morgan fingerprint density at radius 1 is 1.05 bits per heavy atom. The van der Waals surface area contributed by atoms with E-state index in [9.17, 15) is 9.59 Å². The van der Waals surface area contributed by atoms with E-state index in [1.165, 1.54) is 6.92 Å². The molecule has 0 aliphatic heterocycles. The standard InChI is InChI=1S/C16H15BrN2O2/c1-10-6-7-14(9-15(10)18-11(2)20)19-16(21)12-4-3-5-13(17)8-12/h3-9H,1-2H3,(H,18,20)(H,19,21). The van der Waals surface area contributed by atoms with E-state index in [0.717, 1.165) is 10.0 Å². The van der Waals surface area contributed by atoms with Gasteiger partial charge in [0.25, 0.3) is 5.91 Å². The van der Waals surface area contributed by atoms with Crippen LogP contribution in [0.5, 0.6) is 0 Å². The molecule has 0 bridgehead atoms. The first-order valence-electron chi connectivity index (χ1n) is 6.41. The molecule has 0 unspecified atom stereocenters. The molecule has 0 aliphatic rings. The van der Waals surface area contributed by atoms with Gasteiger partial charge in [-0.25, -0.2) is 0 Å². The van der Waals surface area contributed by atoms with Crippen molar-refractivity contribution in [1.29, 1.82) is 0 Å². The fourth-order valence-corrected chi connectivity index (χ4v) is 2.26. The van der Waals surface area contributed by atoms with Crippen LogP contribution in [0.25, 0.3) is 0 Å². The number of carbonyl (C=O) groups excluding carboxylic acids is 2. The minimum atomic E-state index is -0.200. The van der Waals surface area contributed by atoms with Crippen molar-refractivity contribution < 1.29 is 9.59 Å². The van der Waals surface area contributed by atoms with E-state index in [4.69, 9.17) is 0 Å². The molecule has 4 nitrogen and oxygen atoms in total. The second kappa shape index (κ2) is 6.54. The molecule has 2 aromatic carbocycles. The Labute approximate surface area is 131 Å². The van der Waals surface area contributed by atoms with Gasteiger partial charge >= 0.3 is 0 Å². The van der Waals surface area contributed by atoms with Gasteiger partial charge < -0.3 is 10.6 Å². The summed E-state index contributed by atoms with van der Waals surface area (Å²) < 4.78 is 0.845. The monoisotopic (exact) mass is 346 g/mol. The maximum absolute atomic E-state index is 12.2. The highest BCUT2D eigenvalue weighted by Gasteiger charge is 2.08. The van der Waals surface area contributed by atoms with Crippen molar-refractivity contribution in [3.8, 4) is 0 Å². The summed E-state index contributed by atoms with van der Waals surface area (Å²) in [5.74, 6) is -0.345. The molecule has 0 spiro atoms. The van der Waals surface area contributed by atoms with Crippen LogP contribution in [0.15, 0.2) is 46.9 Å². The van der Waals surface area contributed by atoms with Crippen LogP contribution in [0, 0.1) is 6.92 Å². The molecule has 21 heavy (non-hydrogen) atoms. The SMILES string of the molecule is CC(=O)Nc1cc(NC(=O)c2cccc(Br)c2)ccc1C. The number of nitrogens with one attached hydrogen (secondary N) is 2. The van der Waals surface area contributed by atoms with E-state index in [0.29, 0.717) is 16.9 Å². The van der Waals surface area contributed by atoms with Crippen molar-refractivity contribution in [3.63, 3.8) is 0 Å². The summed E-state index contributed by atoms with van der Waals surface area (Å²) in [4.78, 5) is 23.3. The quantitative estimate of drug-likeness (QED) is 0.883. The molecule has 0 fully saturated rings. The highest BCUT2D eigenvalue weighted by Crippen LogP contribution is 2.21. The average molecular weight is 347 g/mol. The van der Waals surface area contributed by atoms with Gasteiger partial charge in [0.05, 0.1) is 0 Å². The predicted molar refractivity (Wildman–Crippen MR) is 87.6 cm³/mol. The fourth-order valence-electron chi connectivity index (χ4n) is 1.86. The van der Waals surface area contributed by atoms with Crippen LogP contribution in [0.3, 0.4) is 0 Å². The third-order valence-electron chi connectivity index (χ3n) is 2.89. The van der Waals surface area contributed by atoms with Crippen molar-refractivity contribution in [1.82, 2.24) is 0 Å². The summed E-state index contributed by atoms with van der Waals surface area (Å²) in [6.07, 6.45) is 0. The van der Waals surface area contributed by atoms with Crippen molar-refractivity contribution in [2.45, 2.75) is 13.8 Å². The first-order chi connectivity index (χ1) is 9.95. The van der Waals surface area contributed by atoms with Gasteiger partial charge in [0, 0.05) is 28.3 Å². The van der Waals surface area contributed by atoms with E-state index < -0.39 is 0 Å². The third-order valence-corrected chi connectivity index (χ3v) is 3.39. The van der Waals surface area contributed by atoms with E-state index in [-0.39, 0.29) is 11.8 Å². The largest absolute Gasteiger partial charge is 0.326 e. The molecule has 0 aromatic heterocycles. The number of rotatable bonds is 3. The zero-order valence-electron chi connectivity index (χ0n) is 11.7. The summed E-state index contributed by atoms with van der Waals surface area (Å²) in [6, 6.07) is 12.5. The Hall–Kier alpha value is -2.14. The molecule has 0 atom stereocenters. The average Bonchev–Trinajstić information content (AvgIpc) is 2.42. The number of benzene rings is 2. The van der Waals surface area contributed by atoms with Crippen molar-refractivity contribution in [2.24, 2.45) is 0 Å². The Morgan fingerprint density at radius 3 is 2.48 bits per heavy atom. The third kappa shape index (κ3) is 4.16. The van der Waals surface area contributed by atoms with Crippen molar-refractivity contribution in [2.75, 3.05) is 10.6 Å². The van der Waals surface area contributed by atoms with Crippen LogP contribution in [0.2, 0.25) is 0 Å². The summed E-state index contributed by atoms with van der Waals surface area (Å²) in [5.41, 5.74) is 2.82. The topological polar surface area (TPSA) is 58.2 Å². The summed E-state index contributed by atoms with van der Waals surface area (Å²) in [6.45, 7) is 3.34. The lowest BCUT2D eigenvalue weighted by atomic mass is 10.1. The molecule has 2 amide bonds. The van der Waals surface area contributed by atoms with E-state index in [1.807, 2.05) is 19.1 Å². The minimum Gasteiger partial charge on any atom is -0.326 e. The Bertz CT molecular complexity index is 698. The van der Waals surface area contributed by atoms with Gasteiger partial charge in [-0.15, -0.1) is 0 Å². The second-order valence-electron chi connectivity index (χ2n) is 4.68. The predicted octanol–water partition coefficient (Wildman–Crippen LogP) is 3.97. The van der Waals surface area contributed by atoms with Crippen molar-refractivity contribution in [3.05, 3.63) is 58.1 Å². The van der Waals surface area contributed by atoms with Crippen LogP contribution < -0.4 is 10.6 Å². The summed E-state index contributed by atoms with van der Waals surface area (Å²) in [7, 11) is 0. The van der Waals surface area contributed by atoms with Crippen LogP contribution >= 0.6 is 15.9 Å². The van der Waals surface area contributed by atoms with Crippen LogP contribution in [-0.2, 0) is 4.79 Å². The maximum atomic E-state index is 12.2. The first-order valence-corrected chi connectivity index (χ1v) is 7.20. The molecule has 5 heteroatoms. The lowest BCUT2D eigenvalue weighted by Crippen LogP contribution is -2.13. The number of aryl methyl sites for hydroxylation is 1. The van der Waals surface area contributed by atoms with Gasteiger partial charge in [-0.2, -0.15) is 0 Å². The van der Waals surface area contributed by atoms with Crippen LogP contribution in [0.1, 0.15) is 22.8 Å². The van der Waals surface area contributed by atoms with Crippen molar-refractivity contribution >= 4 is 39.1 Å². The Balaban J connectivity index is 2.19. The van der Waals surface area contributed by atoms with Gasteiger partial charge in [0.15, 0.2) is 0 Å². The number of halogens is 1. The zero-order chi connectivity index (χ0) is 15.4. The number of anilines is 2. The first kappa shape index (κ1) is 15.3. The molecule has 2 rings (SSSR count). The molecule has 0 heterocycles. The van der Waals surface area contributed by atoms with Crippen LogP contribution in [0.4, 0.5) is 11.4 Å². The highest BCUT2D eigenvalue weighted by molar-refractivity contribution is 9.10. The van der Waals surface area contributed by atoms with E-state index in [2.05, 4.69) is 26.6 Å². The smallest absolute Gasteiger partial charge is 0.255 e. The van der Waals surface area contributed by atoms with E-state index in [1.54, 1.807) is 30.3 Å². The molecule has 0 saturated carbocycles. The molecular formula is C16H15BrN2O2. The normalized spacial score (nSPS) is 10.0. The molecule has 2 N–H and O–H groups in total. The van der Waals surface area contributed by atoms with Gasteiger partial charge in [0.2, 0.25) is 5.91 Å². The number of hydrogen-bond donors (Lipinski definition) is 2. The number of carbonyl (C=O) groups is 2. The molecule has 0 saturated heterocycles. The fraction of sp³-hybridized carbons (Fsp3) is 0.125. The lowest BCUT2D eigenvalue weighted by Gasteiger charge is -2.10. The van der Waals surface area contributed by atoms with E-state index >= 15 is 0 Å². The van der Waals surface area contributed by atoms with Gasteiger partial charge in [0.1, 0.15) is 0 Å². The minimum absolute atomic E-state index is 0.145.